The molecule has 0 amide bonds. The highest BCUT2D eigenvalue weighted by molar-refractivity contribution is 5.81. The molecular weight excluding hydrogens is 270 g/mol. The lowest BCUT2D eigenvalue weighted by atomic mass is 9.89. The Morgan fingerprint density at radius 2 is 2.10 bits per heavy atom. The highest BCUT2D eigenvalue weighted by Crippen LogP contribution is 2.29. The van der Waals surface area contributed by atoms with Crippen LogP contribution in [0.4, 0.5) is 0 Å². The summed E-state index contributed by atoms with van der Waals surface area (Å²) in [7, 11) is 0. The number of benzene rings is 1. The summed E-state index contributed by atoms with van der Waals surface area (Å²) < 4.78 is 5.11. The predicted octanol–water partition coefficient (Wildman–Crippen LogP) is 1.85. The Labute approximate surface area is 122 Å². The number of phenols is 1. The van der Waals surface area contributed by atoms with Crippen LogP contribution in [0.15, 0.2) is 33.5 Å². The highest BCUT2D eigenvalue weighted by Gasteiger charge is 2.39. The van der Waals surface area contributed by atoms with Crippen molar-refractivity contribution in [3.63, 3.8) is 0 Å². The number of likely N-dealkylation sites (tertiary alicyclic amines) is 1. The summed E-state index contributed by atoms with van der Waals surface area (Å²) in [5, 5.41) is 20.5. The van der Waals surface area contributed by atoms with Gasteiger partial charge in [-0.1, -0.05) is 13.3 Å². The molecule has 3 rings (SSSR count). The molecule has 1 saturated heterocycles. The van der Waals surface area contributed by atoms with Crippen molar-refractivity contribution in [1.82, 2.24) is 4.90 Å². The number of aliphatic hydroxyl groups is 1. The summed E-state index contributed by atoms with van der Waals surface area (Å²) in [4.78, 5) is 13.7. The monoisotopic (exact) mass is 289 g/mol. The van der Waals surface area contributed by atoms with E-state index >= 15 is 0 Å². The quantitative estimate of drug-likeness (QED) is 0.840. The molecule has 1 aliphatic heterocycles. The standard InChI is InChI=1S/C16H19NO4/c1-2-5-16(20)9-17(10-16)8-11-6-15(19)21-14-7-12(18)3-4-13(11)14/h3-4,6-7,18,20H,2,5,8-10H2,1H3. The molecule has 2 aromatic rings. The van der Waals surface area contributed by atoms with Crippen LogP contribution in [-0.4, -0.2) is 33.8 Å². The smallest absolute Gasteiger partial charge is 0.336 e. The van der Waals surface area contributed by atoms with Gasteiger partial charge in [0.05, 0.1) is 5.60 Å². The van der Waals surface area contributed by atoms with E-state index in [0.29, 0.717) is 25.2 Å². The minimum absolute atomic E-state index is 0.0732. The maximum atomic E-state index is 11.6. The van der Waals surface area contributed by atoms with Crippen LogP contribution in [0.2, 0.25) is 0 Å². The van der Waals surface area contributed by atoms with Crippen LogP contribution in [-0.2, 0) is 6.54 Å². The van der Waals surface area contributed by atoms with Crippen molar-refractivity contribution < 1.29 is 14.6 Å². The lowest BCUT2D eigenvalue weighted by Gasteiger charge is -2.46. The predicted molar refractivity (Wildman–Crippen MR) is 79.3 cm³/mol. The van der Waals surface area contributed by atoms with Crippen LogP contribution in [0.3, 0.4) is 0 Å². The van der Waals surface area contributed by atoms with Gasteiger partial charge in [0, 0.05) is 37.2 Å². The Hall–Kier alpha value is -1.85. The number of hydrogen-bond donors (Lipinski definition) is 2. The molecule has 0 radical (unpaired) electrons. The fourth-order valence-electron chi connectivity index (χ4n) is 3.11. The lowest BCUT2D eigenvalue weighted by molar-refractivity contribution is -0.106. The van der Waals surface area contributed by atoms with Crippen LogP contribution in [0.25, 0.3) is 11.0 Å². The largest absolute Gasteiger partial charge is 0.508 e. The van der Waals surface area contributed by atoms with Gasteiger partial charge < -0.3 is 14.6 Å². The fourth-order valence-corrected chi connectivity index (χ4v) is 3.11. The van der Waals surface area contributed by atoms with E-state index in [9.17, 15) is 15.0 Å². The Balaban J connectivity index is 1.84. The first-order valence-electron chi connectivity index (χ1n) is 7.19. The SMILES string of the molecule is CCCC1(O)CN(Cc2cc(=O)oc3cc(O)ccc23)C1. The number of aromatic hydroxyl groups is 1. The van der Waals surface area contributed by atoms with Crippen LogP contribution in [0.1, 0.15) is 25.3 Å². The molecule has 0 aliphatic carbocycles. The number of rotatable bonds is 4. The first-order chi connectivity index (χ1) is 9.99. The second-order valence-corrected chi connectivity index (χ2v) is 5.89. The molecule has 1 fully saturated rings. The summed E-state index contributed by atoms with van der Waals surface area (Å²) >= 11 is 0. The molecule has 2 N–H and O–H groups in total. The Morgan fingerprint density at radius 1 is 1.33 bits per heavy atom. The van der Waals surface area contributed by atoms with Gasteiger partial charge in [0.2, 0.25) is 0 Å². The minimum atomic E-state index is -0.581. The summed E-state index contributed by atoms with van der Waals surface area (Å²) in [5.41, 5.74) is 0.247. The maximum Gasteiger partial charge on any atom is 0.336 e. The van der Waals surface area contributed by atoms with E-state index in [-0.39, 0.29) is 5.75 Å². The number of nitrogens with zero attached hydrogens (tertiary/aromatic N) is 1. The van der Waals surface area contributed by atoms with Gasteiger partial charge in [-0.15, -0.1) is 0 Å². The molecule has 0 unspecified atom stereocenters. The zero-order valence-corrected chi connectivity index (χ0v) is 12.0. The van der Waals surface area contributed by atoms with Crippen molar-refractivity contribution in [2.24, 2.45) is 0 Å². The van der Waals surface area contributed by atoms with E-state index < -0.39 is 11.2 Å². The summed E-state index contributed by atoms with van der Waals surface area (Å²) in [6.07, 6.45) is 1.76. The van der Waals surface area contributed by atoms with Gasteiger partial charge >= 0.3 is 5.63 Å². The van der Waals surface area contributed by atoms with Crippen molar-refractivity contribution in [2.75, 3.05) is 13.1 Å². The van der Waals surface area contributed by atoms with Gasteiger partial charge in [0.1, 0.15) is 11.3 Å². The zero-order valence-electron chi connectivity index (χ0n) is 12.0. The van der Waals surface area contributed by atoms with Crippen LogP contribution < -0.4 is 5.63 Å². The van der Waals surface area contributed by atoms with Gasteiger partial charge in [-0.25, -0.2) is 4.79 Å². The topological polar surface area (TPSA) is 73.9 Å². The van der Waals surface area contributed by atoms with E-state index in [0.717, 1.165) is 23.8 Å². The van der Waals surface area contributed by atoms with Crippen molar-refractivity contribution in [1.29, 1.82) is 0 Å². The third kappa shape index (κ3) is 2.80. The molecule has 0 spiro atoms. The van der Waals surface area contributed by atoms with Crippen LogP contribution in [0, 0.1) is 0 Å². The van der Waals surface area contributed by atoms with Crippen molar-refractivity contribution >= 4 is 11.0 Å². The lowest BCUT2D eigenvalue weighted by Crippen LogP contribution is -2.61. The molecule has 21 heavy (non-hydrogen) atoms. The van der Waals surface area contributed by atoms with E-state index in [2.05, 4.69) is 11.8 Å². The van der Waals surface area contributed by atoms with Crippen molar-refractivity contribution in [2.45, 2.75) is 31.9 Å². The van der Waals surface area contributed by atoms with Gasteiger partial charge in [-0.3, -0.25) is 4.90 Å². The third-order valence-corrected chi connectivity index (χ3v) is 3.96. The normalized spacial score (nSPS) is 17.8. The van der Waals surface area contributed by atoms with Gasteiger partial charge in [0.25, 0.3) is 0 Å². The second-order valence-electron chi connectivity index (χ2n) is 5.89. The van der Waals surface area contributed by atoms with Crippen molar-refractivity contribution in [3.05, 3.63) is 40.2 Å². The number of fused-ring (bicyclic) bond motifs is 1. The van der Waals surface area contributed by atoms with Gasteiger partial charge in [0.15, 0.2) is 0 Å². The van der Waals surface area contributed by atoms with Gasteiger partial charge in [-0.2, -0.15) is 0 Å². The zero-order chi connectivity index (χ0) is 15.0. The Morgan fingerprint density at radius 3 is 2.81 bits per heavy atom. The van der Waals surface area contributed by atoms with Crippen LogP contribution >= 0.6 is 0 Å². The van der Waals surface area contributed by atoms with Crippen LogP contribution in [0.5, 0.6) is 5.75 Å². The molecule has 5 nitrogen and oxygen atoms in total. The van der Waals surface area contributed by atoms with E-state index in [1.165, 1.54) is 12.1 Å². The Kier molecular flexibility index (Phi) is 3.47. The Bertz CT molecular complexity index is 716. The molecular formula is C16H19NO4. The maximum absolute atomic E-state index is 11.6. The summed E-state index contributed by atoms with van der Waals surface area (Å²) in [5.74, 6) is 0.0732. The van der Waals surface area contributed by atoms with E-state index in [1.54, 1.807) is 12.1 Å². The first-order valence-corrected chi connectivity index (χ1v) is 7.19. The number of hydrogen-bond acceptors (Lipinski definition) is 5. The molecule has 5 heteroatoms. The summed E-state index contributed by atoms with van der Waals surface area (Å²) in [6, 6.07) is 6.26. The second kappa shape index (κ2) is 5.16. The molecule has 0 atom stereocenters. The molecule has 1 aromatic carbocycles. The average Bonchev–Trinajstić information content (AvgIpc) is 2.36. The van der Waals surface area contributed by atoms with Crippen molar-refractivity contribution in [3.8, 4) is 5.75 Å². The third-order valence-electron chi connectivity index (χ3n) is 3.96. The van der Waals surface area contributed by atoms with E-state index in [1.807, 2.05) is 0 Å². The highest BCUT2D eigenvalue weighted by atomic mass is 16.4. The van der Waals surface area contributed by atoms with E-state index in [4.69, 9.17) is 4.42 Å². The molecule has 1 aliphatic rings. The fraction of sp³-hybridized carbons (Fsp3) is 0.438. The molecule has 2 heterocycles. The first kappa shape index (κ1) is 14.1. The molecule has 0 saturated carbocycles. The average molecular weight is 289 g/mol. The molecule has 0 bridgehead atoms. The minimum Gasteiger partial charge on any atom is -0.508 e. The molecule has 112 valence electrons. The number of β-amino-alcohol motifs (C(OH)–C–C–N with tert-alkyl or cyclic N) is 1. The molecule has 1 aromatic heterocycles. The summed E-state index contributed by atoms with van der Waals surface area (Å²) in [6.45, 7) is 3.91. The number of phenolic OH excluding ortho intramolecular Hbond substituents is 1. The van der Waals surface area contributed by atoms with Gasteiger partial charge in [-0.05, 0) is 24.1 Å².